The summed E-state index contributed by atoms with van der Waals surface area (Å²) in [6, 6.07) is 3.88. The van der Waals surface area contributed by atoms with Crippen molar-refractivity contribution in [1.82, 2.24) is 9.97 Å². The van der Waals surface area contributed by atoms with Crippen LogP contribution in [-0.2, 0) is 6.42 Å². The molecule has 3 rings (SSSR count). The molecule has 0 radical (unpaired) electrons. The molecular formula is C11H12N2O2. The molecule has 0 fully saturated rings. The predicted molar refractivity (Wildman–Crippen MR) is 56.5 cm³/mol. The minimum absolute atomic E-state index is 0.615. The molecule has 0 spiro atoms. The topological polar surface area (TPSA) is 47.1 Å². The van der Waals surface area contributed by atoms with Crippen molar-refractivity contribution in [1.29, 1.82) is 0 Å². The van der Waals surface area contributed by atoms with Crippen LogP contribution in [0.2, 0.25) is 0 Å². The van der Waals surface area contributed by atoms with E-state index in [-0.39, 0.29) is 0 Å². The van der Waals surface area contributed by atoms with Gasteiger partial charge in [-0.05, 0) is 0 Å². The number of imidazole rings is 1. The van der Waals surface area contributed by atoms with Gasteiger partial charge in [-0.3, -0.25) is 0 Å². The molecule has 0 unspecified atom stereocenters. The highest BCUT2D eigenvalue weighted by molar-refractivity contribution is 5.79. The van der Waals surface area contributed by atoms with Crippen LogP contribution in [0.15, 0.2) is 12.1 Å². The molecule has 2 aromatic rings. The number of fused-ring (bicyclic) bond motifs is 2. The van der Waals surface area contributed by atoms with Crippen LogP contribution in [0.4, 0.5) is 0 Å². The van der Waals surface area contributed by atoms with E-state index < -0.39 is 0 Å². The predicted octanol–water partition coefficient (Wildman–Crippen LogP) is 1.90. The lowest BCUT2D eigenvalue weighted by molar-refractivity contribution is 0.172. The summed E-state index contributed by atoms with van der Waals surface area (Å²) in [6.07, 6.45) is 0.904. The Balaban J connectivity index is 2.19. The van der Waals surface area contributed by atoms with E-state index >= 15 is 0 Å². The van der Waals surface area contributed by atoms with Crippen LogP contribution in [0.5, 0.6) is 11.5 Å². The summed E-state index contributed by atoms with van der Waals surface area (Å²) >= 11 is 0. The third kappa shape index (κ3) is 1.33. The minimum Gasteiger partial charge on any atom is -0.486 e. The fourth-order valence-electron chi connectivity index (χ4n) is 1.77. The van der Waals surface area contributed by atoms with Crippen LogP contribution >= 0.6 is 0 Å². The summed E-state index contributed by atoms with van der Waals surface area (Å²) in [5.41, 5.74) is 1.95. The standard InChI is InChI=1S/C11H12N2O2/c1-2-11-12-7-5-9-10(6-8(7)13-11)15-4-3-14-9/h5-6H,2-4H2,1H3,(H,12,13). The van der Waals surface area contributed by atoms with Gasteiger partial charge in [0.05, 0.1) is 11.0 Å². The van der Waals surface area contributed by atoms with Crippen LogP contribution in [0.3, 0.4) is 0 Å². The Morgan fingerprint density at radius 1 is 1.27 bits per heavy atom. The van der Waals surface area contributed by atoms with E-state index in [1.807, 2.05) is 12.1 Å². The van der Waals surface area contributed by atoms with Crippen molar-refractivity contribution in [2.75, 3.05) is 13.2 Å². The molecule has 4 heteroatoms. The molecule has 0 saturated carbocycles. The third-order valence-corrected chi connectivity index (χ3v) is 2.53. The molecule has 0 bridgehead atoms. The maximum Gasteiger partial charge on any atom is 0.163 e. The lowest BCUT2D eigenvalue weighted by atomic mass is 10.2. The molecule has 0 atom stereocenters. The molecule has 1 N–H and O–H groups in total. The zero-order valence-corrected chi connectivity index (χ0v) is 8.54. The number of aryl methyl sites for hydroxylation is 1. The third-order valence-electron chi connectivity index (χ3n) is 2.53. The fraction of sp³-hybridized carbons (Fsp3) is 0.364. The molecule has 0 aliphatic carbocycles. The molecule has 0 amide bonds. The Kier molecular flexibility index (Phi) is 1.80. The fourth-order valence-corrected chi connectivity index (χ4v) is 1.77. The van der Waals surface area contributed by atoms with Crippen LogP contribution in [-0.4, -0.2) is 23.2 Å². The Morgan fingerprint density at radius 2 is 2.00 bits per heavy atom. The number of hydrogen-bond acceptors (Lipinski definition) is 3. The first-order valence-corrected chi connectivity index (χ1v) is 5.15. The Labute approximate surface area is 87.2 Å². The van der Waals surface area contributed by atoms with Gasteiger partial charge in [0.25, 0.3) is 0 Å². The first-order chi connectivity index (χ1) is 7.36. The summed E-state index contributed by atoms with van der Waals surface area (Å²) in [4.78, 5) is 7.70. The number of aromatic amines is 1. The summed E-state index contributed by atoms with van der Waals surface area (Å²) in [5.74, 6) is 2.59. The van der Waals surface area contributed by atoms with E-state index in [0.717, 1.165) is 34.8 Å². The van der Waals surface area contributed by atoms with Gasteiger partial charge in [-0.2, -0.15) is 0 Å². The number of ether oxygens (including phenoxy) is 2. The normalized spacial score (nSPS) is 14.5. The van der Waals surface area contributed by atoms with E-state index in [2.05, 4.69) is 16.9 Å². The molecule has 78 valence electrons. The summed E-state index contributed by atoms with van der Waals surface area (Å²) in [5, 5.41) is 0. The second-order valence-corrected chi connectivity index (χ2v) is 3.55. The monoisotopic (exact) mass is 204 g/mol. The largest absolute Gasteiger partial charge is 0.486 e. The molecule has 1 aliphatic heterocycles. The SMILES string of the molecule is CCc1nc2cc3c(cc2[nH]1)OCCO3. The van der Waals surface area contributed by atoms with Gasteiger partial charge in [-0.25, -0.2) is 4.98 Å². The smallest absolute Gasteiger partial charge is 0.163 e. The number of hydrogen-bond donors (Lipinski definition) is 1. The van der Waals surface area contributed by atoms with Crippen molar-refractivity contribution >= 4 is 11.0 Å². The summed E-state index contributed by atoms with van der Waals surface area (Å²) in [6.45, 7) is 3.31. The molecule has 0 saturated heterocycles. The highest BCUT2D eigenvalue weighted by Gasteiger charge is 2.14. The van der Waals surface area contributed by atoms with Gasteiger partial charge < -0.3 is 14.5 Å². The number of H-pyrrole nitrogens is 1. The quantitative estimate of drug-likeness (QED) is 0.771. The summed E-state index contributed by atoms with van der Waals surface area (Å²) in [7, 11) is 0. The van der Waals surface area contributed by atoms with Gasteiger partial charge in [0.15, 0.2) is 11.5 Å². The van der Waals surface area contributed by atoms with Crippen molar-refractivity contribution < 1.29 is 9.47 Å². The first-order valence-electron chi connectivity index (χ1n) is 5.15. The van der Waals surface area contributed by atoms with Crippen LogP contribution in [0, 0.1) is 0 Å². The van der Waals surface area contributed by atoms with Gasteiger partial charge in [0, 0.05) is 18.6 Å². The van der Waals surface area contributed by atoms with Crippen molar-refractivity contribution in [3.8, 4) is 11.5 Å². The Morgan fingerprint density at radius 3 is 2.73 bits per heavy atom. The van der Waals surface area contributed by atoms with E-state index in [9.17, 15) is 0 Å². The van der Waals surface area contributed by atoms with E-state index in [4.69, 9.17) is 9.47 Å². The molecule has 1 aromatic heterocycles. The number of benzene rings is 1. The molecule has 2 heterocycles. The molecule has 1 aliphatic rings. The van der Waals surface area contributed by atoms with Gasteiger partial charge in [0.2, 0.25) is 0 Å². The number of rotatable bonds is 1. The van der Waals surface area contributed by atoms with Gasteiger partial charge in [-0.1, -0.05) is 6.92 Å². The highest BCUT2D eigenvalue weighted by Crippen LogP contribution is 2.33. The van der Waals surface area contributed by atoms with E-state index in [1.165, 1.54) is 0 Å². The van der Waals surface area contributed by atoms with Crippen LogP contribution in [0.25, 0.3) is 11.0 Å². The van der Waals surface area contributed by atoms with Crippen molar-refractivity contribution in [3.05, 3.63) is 18.0 Å². The van der Waals surface area contributed by atoms with Crippen molar-refractivity contribution in [3.63, 3.8) is 0 Å². The second-order valence-electron chi connectivity index (χ2n) is 3.55. The summed E-state index contributed by atoms with van der Waals surface area (Å²) < 4.78 is 11.0. The van der Waals surface area contributed by atoms with Crippen molar-refractivity contribution in [2.24, 2.45) is 0 Å². The molecular weight excluding hydrogens is 192 g/mol. The molecule has 4 nitrogen and oxygen atoms in total. The second kappa shape index (κ2) is 3.15. The maximum atomic E-state index is 5.50. The number of nitrogens with zero attached hydrogens (tertiary/aromatic N) is 1. The van der Waals surface area contributed by atoms with Crippen LogP contribution < -0.4 is 9.47 Å². The highest BCUT2D eigenvalue weighted by atomic mass is 16.6. The maximum absolute atomic E-state index is 5.50. The van der Waals surface area contributed by atoms with E-state index in [1.54, 1.807) is 0 Å². The van der Waals surface area contributed by atoms with Gasteiger partial charge in [-0.15, -0.1) is 0 Å². The lowest BCUT2D eigenvalue weighted by Crippen LogP contribution is -2.15. The lowest BCUT2D eigenvalue weighted by Gasteiger charge is -2.17. The zero-order valence-electron chi connectivity index (χ0n) is 8.54. The van der Waals surface area contributed by atoms with E-state index in [0.29, 0.717) is 13.2 Å². The molecule has 1 aromatic carbocycles. The first kappa shape index (κ1) is 8.59. The number of aromatic nitrogens is 2. The number of nitrogens with one attached hydrogen (secondary N) is 1. The average molecular weight is 204 g/mol. The van der Waals surface area contributed by atoms with Crippen molar-refractivity contribution in [2.45, 2.75) is 13.3 Å². The zero-order chi connectivity index (χ0) is 10.3. The Bertz CT molecular complexity index is 462. The minimum atomic E-state index is 0.615. The Hall–Kier alpha value is -1.71. The van der Waals surface area contributed by atoms with Crippen LogP contribution in [0.1, 0.15) is 12.7 Å². The average Bonchev–Trinajstić information content (AvgIpc) is 2.67. The van der Waals surface area contributed by atoms with Gasteiger partial charge in [0.1, 0.15) is 19.0 Å². The van der Waals surface area contributed by atoms with Gasteiger partial charge >= 0.3 is 0 Å². The molecule has 15 heavy (non-hydrogen) atoms.